The fourth-order valence-electron chi connectivity index (χ4n) is 2.19. The lowest BCUT2D eigenvalue weighted by atomic mass is 10.1. The molecule has 0 bridgehead atoms. The molecule has 0 amide bonds. The number of anilines is 1. The Morgan fingerprint density at radius 1 is 1.18 bits per heavy atom. The maximum atomic E-state index is 4.56. The molecule has 94 valence electrons. The zero-order valence-electron chi connectivity index (χ0n) is 10.6. The molecule has 1 saturated heterocycles. The van der Waals surface area contributed by atoms with Crippen LogP contribution in [0.25, 0.3) is 0 Å². The predicted molar refractivity (Wildman–Crippen MR) is 73.5 cm³/mol. The summed E-state index contributed by atoms with van der Waals surface area (Å²) in [4.78, 5) is 11.4. The molecule has 4 nitrogen and oxygen atoms in total. The molecule has 1 aliphatic rings. The van der Waals surface area contributed by atoms with Gasteiger partial charge in [-0.2, -0.15) is 0 Å². The highest BCUT2D eigenvalue weighted by molar-refractivity contribution is 9.10. The van der Waals surface area contributed by atoms with E-state index in [-0.39, 0.29) is 0 Å². The van der Waals surface area contributed by atoms with Gasteiger partial charge < -0.3 is 10.2 Å². The topological polar surface area (TPSA) is 41.0 Å². The van der Waals surface area contributed by atoms with Gasteiger partial charge in [-0.05, 0) is 49.7 Å². The average Bonchev–Trinajstić information content (AvgIpc) is 2.35. The minimum Gasteiger partial charge on any atom is -0.341 e. The lowest BCUT2D eigenvalue weighted by Crippen LogP contribution is -2.42. The summed E-state index contributed by atoms with van der Waals surface area (Å²) in [6, 6.07) is 0.642. The summed E-state index contributed by atoms with van der Waals surface area (Å²) in [5.41, 5.74) is 2.03. The molecule has 0 saturated carbocycles. The van der Waals surface area contributed by atoms with Crippen molar-refractivity contribution in [3.63, 3.8) is 0 Å². The van der Waals surface area contributed by atoms with E-state index in [1.165, 1.54) is 0 Å². The SMILES string of the molecule is CNC1CCN(c2nc(C)c(Br)c(C)n2)CC1. The quantitative estimate of drug-likeness (QED) is 0.907. The van der Waals surface area contributed by atoms with Crippen LogP contribution in [0.5, 0.6) is 0 Å². The zero-order chi connectivity index (χ0) is 12.4. The van der Waals surface area contributed by atoms with Crippen molar-refractivity contribution in [2.75, 3.05) is 25.0 Å². The van der Waals surface area contributed by atoms with Crippen LogP contribution in [0.3, 0.4) is 0 Å². The Kier molecular flexibility index (Phi) is 3.99. The van der Waals surface area contributed by atoms with Gasteiger partial charge in [-0.1, -0.05) is 0 Å². The average molecular weight is 299 g/mol. The third-order valence-electron chi connectivity index (χ3n) is 3.36. The summed E-state index contributed by atoms with van der Waals surface area (Å²) in [5.74, 6) is 0.873. The Hall–Kier alpha value is -0.680. The summed E-state index contributed by atoms with van der Waals surface area (Å²) in [6.45, 7) is 6.10. The van der Waals surface area contributed by atoms with Gasteiger partial charge >= 0.3 is 0 Å². The summed E-state index contributed by atoms with van der Waals surface area (Å²) in [6.07, 6.45) is 2.32. The highest BCUT2D eigenvalue weighted by atomic mass is 79.9. The molecule has 2 rings (SSSR count). The van der Waals surface area contributed by atoms with E-state index in [4.69, 9.17) is 0 Å². The molecular formula is C12H19BrN4. The van der Waals surface area contributed by atoms with Crippen molar-refractivity contribution in [3.8, 4) is 0 Å². The summed E-state index contributed by atoms with van der Waals surface area (Å²) in [5, 5.41) is 3.33. The normalized spacial score (nSPS) is 17.5. The highest BCUT2D eigenvalue weighted by Crippen LogP contribution is 2.22. The molecule has 0 unspecified atom stereocenters. The number of hydrogen-bond donors (Lipinski definition) is 1. The molecule has 1 aliphatic heterocycles. The van der Waals surface area contributed by atoms with Gasteiger partial charge in [0, 0.05) is 19.1 Å². The summed E-state index contributed by atoms with van der Waals surface area (Å²) < 4.78 is 1.02. The Balaban J connectivity index is 2.13. The number of piperidine rings is 1. The number of hydrogen-bond acceptors (Lipinski definition) is 4. The maximum Gasteiger partial charge on any atom is 0.225 e. The molecule has 1 aromatic rings. The minimum atomic E-state index is 0.642. The molecular weight excluding hydrogens is 280 g/mol. The Morgan fingerprint density at radius 3 is 2.18 bits per heavy atom. The van der Waals surface area contributed by atoms with Gasteiger partial charge in [-0.15, -0.1) is 0 Å². The number of nitrogens with one attached hydrogen (secondary N) is 1. The van der Waals surface area contributed by atoms with Gasteiger partial charge in [0.1, 0.15) is 0 Å². The second kappa shape index (κ2) is 5.31. The lowest BCUT2D eigenvalue weighted by Gasteiger charge is -2.32. The van der Waals surface area contributed by atoms with Crippen LogP contribution in [-0.2, 0) is 0 Å². The number of aromatic nitrogens is 2. The molecule has 0 radical (unpaired) electrons. The van der Waals surface area contributed by atoms with Gasteiger partial charge in [0.25, 0.3) is 0 Å². The number of rotatable bonds is 2. The monoisotopic (exact) mass is 298 g/mol. The van der Waals surface area contributed by atoms with Crippen molar-refractivity contribution in [2.45, 2.75) is 32.7 Å². The van der Waals surface area contributed by atoms with Crippen molar-refractivity contribution in [3.05, 3.63) is 15.9 Å². The first-order valence-corrected chi connectivity index (χ1v) is 6.84. The number of nitrogens with zero attached hydrogens (tertiary/aromatic N) is 3. The molecule has 2 heterocycles. The molecule has 5 heteroatoms. The van der Waals surface area contributed by atoms with Crippen molar-refractivity contribution in [1.29, 1.82) is 0 Å². The first-order chi connectivity index (χ1) is 8.11. The van der Waals surface area contributed by atoms with E-state index in [0.717, 1.165) is 47.7 Å². The largest absolute Gasteiger partial charge is 0.341 e. The van der Waals surface area contributed by atoms with E-state index in [9.17, 15) is 0 Å². The van der Waals surface area contributed by atoms with E-state index < -0.39 is 0 Å². The molecule has 0 atom stereocenters. The molecule has 0 aromatic carbocycles. The van der Waals surface area contributed by atoms with E-state index in [2.05, 4.69) is 36.1 Å². The van der Waals surface area contributed by atoms with Gasteiger partial charge in [-0.25, -0.2) is 9.97 Å². The summed E-state index contributed by atoms with van der Waals surface area (Å²) in [7, 11) is 2.03. The van der Waals surface area contributed by atoms with Crippen LogP contribution in [-0.4, -0.2) is 36.1 Å². The predicted octanol–water partition coefficient (Wildman–Crippen LogP) is 2.04. The van der Waals surface area contributed by atoms with Crippen LogP contribution in [0.2, 0.25) is 0 Å². The van der Waals surface area contributed by atoms with Crippen molar-refractivity contribution < 1.29 is 0 Å². The van der Waals surface area contributed by atoms with Crippen LogP contribution < -0.4 is 10.2 Å². The van der Waals surface area contributed by atoms with Crippen LogP contribution in [0.15, 0.2) is 4.47 Å². The fraction of sp³-hybridized carbons (Fsp3) is 0.667. The smallest absolute Gasteiger partial charge is 0.225 e. The Labute approximate surface area is 111 Å². The third-order valence-corrected chi connectivity index (χ3v) is 4.50. The molecule has 1 fully saturated rings. The maximum absolute atomic E-state index is 4.56. The van der Waals surface area contributed by atoms with Crippen LogP contribution >= 0.6 is 15.9 Å². The molecule has 0 aliphatic carbocycles. The van der Waals surface area contributed by atoms with Gasteiger partial charge in [0.2, 0.25) is 5.95 Å². The van der Waals surface area contributed by atoms with E-state index >= 15 is 0 Å². The van der Waals surface area contributed by atoms with E-state index in [0.29, 0.717) is 6.04 Å². The first kappa shape index (κ1) is 12.8. The van der Waals surface area contributed by atoms with Gasteiger partial charge in [0.05, 0.1) is 15.9 Å². The van der Waals surface area contributed by atoms with Gasteiger partial charge in [0.15, 0.2) is 0 Å². The molecule has 1 N–H and O–H groups in total. The van der Waals surface area contributed by atoms with Crippen LogP contribution in [0, 0.1) is 13.8 Å². The highest BCUT2D eigenvalue weighted by Gasteiger charge is 2.20. The first-order valence-electron chi connectivity index (χ1n) is 6.04. The van der Waals surface area contributed by atoms with Crippen LogP contribution in [0.4, 0.5) is 5.95 Å². The van der Waals surface area contributed by atoms with E-state index in [1.54, 1.807) is 0 Å². The lowest BCUT2D eigenvalue weighted by molar-refractivity contribution is 0.438. The summed E-state index contributed by atoms with van der Waals surface area (Å²) >= 11 is 3.50. The Bertz CT molecular complexity index is 376. The number of aryl methyl sites for hydroxylation is 2. The minimum absolute atomic E-state index is 0.642. The third kappa shape index (κ3) is 2.77. The van der Waals surface area contributed by atoms with Crippen molar-refractivity contribution in [1.82, 2.24) is 15.3 Å². The zero-order valence-corrected chi connectivity index (χ0v) is 12.2. The van der Waals surface area contributed by atoms with Crippen molar-refractivity contribution in [2.24, 2.45) is 0 Å². The fourth-order valence-corrected chi connectivity index (χ4v) is 2.37. The molecule has 0 spiro atoms. The van der Waals surface area contributed by atoms with Crippen LogP contribution in [0.1, 0.15) is 24.2 Å². The van der Waals surface area contributed by atoms with E-state index in [1.807, 2.05) is 20.9 Å². The van der Waals surface area contributed by atoms with Crippen molar-refractivity contribution >= 4 is 21.9 Å². The number of halogens is 1. The Morgan fingerprint density at radius 2 is 1.71 bits per heavy atom. The standard InChI is InChI=1S/C12H19BrN4/c1-8-11(13)9(2)16-12(15-8)17-6-4-10(14-3)5-7-17/h10,14H,4-7H2,1-3H3. The molecule has 1 aromatic heterocycles. The van der Waals surface area contributed by atoms with Gasteiger partial charge in [-0.3, -0.25) is 0 Å². The molecule has 17 heavy (non-hydrogen) atoms. The second-order valence-corrected chi connectivity index (χ2v) is 5.35. The second-order valence-electron chi connectivity index (χ2n) is 4.56.